The van der Waals surface area contributed by atoms with Crippen molar-refractivity contribution < 1.29 is 19.1 Å². The molecule has 208 valence electrons. The van der Waals surface area contributed by atoms with E-state index >= 15 is 0 Å². The van der Waals surface area contributed by atoms with Crippen LogP contribution < -0.4 is 15.4 Å². The lowest BCUT2D eigenvalue weighted by Gasteiger charge is -2.28. The third-order valence-corrected chi connectivity index (χ3v) is 6.70. The van der Waals surface area contributed by atoms with Crippen molar-refractivity contribution in [1.82, 2.24) is 20.4 Å². The Hall–Kier alpha value is -2.94. The van der Waals surface area contributed by atoms with Crippen molar-refractivity contribution in [2.45, 2.75) is 45.4 Å². The van der Waals surface area contributed by atoms with E-state index in [1.54, 1.807) is 0 Å². The summed E-state index contributed by atoms with van der Waals surface area (Å²) in [5.74, 6) is 0.827. The van der Waals surface area contributed by atoms with Gasteiger partial charge >= 0.3 is 0 Å². The van der Waals surface area contributed by atoms with Crippen molar-refractivity contribution >= 4 is 11.8 Å². The first kappa shape index (κ1) is 29.6. The molecule has 0 saturated carbocycles. The van der Waals surface area contributed by atoms with Gasteiger partial charge in [-0.05, 0) is 49.7 Å². The van der Waals surface area contributed by atoms with Crippen molar-refractivity contribution in [3.63, 3.8) is 0 Å². The van der Waals surface area contributed by atoms with E-state index in [4.69, 9.17) is 9.47 Å². The first-order valence-corrected chi connectivity index (χ1v) is 13.6. The van der Waals surface area contributed by atoms with Crippen molar-refractivity contribution in [2.24, 2.45) is 5.92 Å². The van der Waals surface area contributed by atoms with Gasteiger partial charge in [0, 0.05) is 32.6 Å². The largest absolute Gasteiger partial charge is 0.489 e. The fourth-order valence-corrected chi connectivity index (χ4v) is 4.46. The molecule has 0 radical (unpaired) electrons. The molecule has 8 heteroatoms. The summed E-state index contributed by atoms with van der Waals surface area (Å²) in [5, 5.41) is 6.08. The summed E-state index contributed by atoms with van der Waals surface area (Å²) < 4.78 is 11.3. The van der Waals surface area contributed by atoms with Crippen LogP contribution in [0.15, 0.2) is 54.6 Å². The van der Waals surface area contributed by atoms with Gasteiger partial charge in [-0.2, -0.15) is 0 Å². The third kappa shape index (κ3) is 10.1. The minimum Gasteiger partial charge on any atom is -0.489 e. The van der Waals surface area contributed by atoms with Gasteiger partial charge in [-0.1, -0.05) is 56.3 Å². The van der Waals surface area contributed by atoms with E-state index in [9.17, 15) is 9.59 Å². The van der Waals surface area contributed by atoms with Crippen molar-refractivity contribution in [3.05, 3.63) is 65.7 Å². The number of carbonyl (C=O) groups excluding carboxylic acids is 2. The second-order valence-corrected chi connectivity index (χ2v) is 10.5. The zero-order valence-corrected chi connectivity index (χ0v) is 23.3. The maximum atomic E-state index is 13.3. The molecule has 0 bridgehead atoms. The molecule has 1 aliphatic heterocycles. The number of likely N-dealkylation sites (N-methyl/N-ethyl adjacent to an activating group) is 1. The molecule has 1 saturated heterocycles. The average molecular weight is 525 g/mol. The highest BCUT2D eigenvalue weighted by Gasteiger charge is 2.27. The van der Waals surface area contributed by atoms with Crippen LogP contribution in [0, 0.1) is 5.92 Å². The lowest BCUT2D eigenvalue weighted by atomic mass is 10.0. The first-order valence-electron chi connectivity index (χ1n) is 13.6. The lowest BCUT2D eigenvalue weighted by Crippen LogP contribution is -2.54. The molecule has 2 aromatic rings. The normalized spacial score (nSPS) is 15.7. The molecule has 1 aliphatic rings. The molecular formula is C30H44N4O4. The summed E-state index contributed by atoms with van der Waals surface area (Å²) >= 11 is 0. The summed E-state index contributed by atoms with van der Waals surface area (Å²) in [6, 6.07) is 16.8. The smallest absolute Gasteiger partial charge is 0.242 e. The second-order valence-electron chi connectivity index (χ2n) is 10.5. The Bertz CT molecular complexity index is 976. The van der Waals surface area contributed by atoms with E-state index in [1.807, 2.05) is 73.6 Å². The maximum absolute atomic E-state index is 13.3. The number of hydrogen-bond acceptors (Lipinski definition) is 6. The summed E-state index contributed by atoms with van der Waals surface area (Å²) in [5.41, 5.74) is 2.06. The van der Waals surface area contributed by atoms with Crippen molar-refractivity contribution in [2.75, 3.05) is 53.5 Å². The standard InChI is InChI=1S/C30H44N4O4/c1-23(2)20-28(33(3)4)30(36)32-27(29(35)31-14-15-34-16-18-37-19-17-34)21-24-10-12-26(13-11-24)38-22-25-8-6-5-7-9-25/h5-13,23,27-28H,14-22H2,1-4H3,(H,31,35)(H,32,36)/t27-,28-/m0/s1. The number of hydrogen-bond donors (Lipinski definition) is 2. The Labute approximate surface area is 227 Å². The van der Waals surface area contributed by atoms with E-state index < -0.39 is 6.04 Å². The molecule has 0 aromatic heterocycles. The van der Waals surface area contributed by atoms with Gasteiger partial charge in [0.25, 0.3) is 0 Å². The number of nitrogens with zero attached hydrogens (tertiary/aromatic N) is 2. The van der Waals surface area contributed by atoms with Crippen LogP contribution in [0.25, 0.3) is 0 Å². The molecular weight excluding hydrogens is 480 g/mol. The molecule has 3 rings (SSSR count). The Kier molecular flexibility index (Phi) is 12.1. The highest BCUT2D eigenvalue weighted by Crippen LogP contribution is 2.16. The third-order valence-electron chi connectivity index (χ3n) is 6.70. The average Bonchev–Trinajstić information content (AvgIpc) is 2.91. The van der Waals surface area contributed by atoms with Crippen LogP contribution in [0.4, 0.5) is 0 Å². The molecule has 2 amide bonds. The molecule has 0 spiro atoms. The summed E-state index contributed by atoms with van der Waals surface area (Å²) in [6.07, 6.45) is 1.12. The Balaban J connectivity index is 1.63. The van der Waals surface area contributed by atoms with E-state index in [0.717, 1.165) is 56.1 Å². The molecule has 2 N–H and O–H groups in total. The number of rotatable bonds is 14. The number of benzene rings is 2. The van der Waals surface area contributed by atoms with E-state index in [1.165, 1.54) is 0 Å². The zero-order valence-electron chi connectivity index (χ0n) is 23.3. The quantitative estimate of drug-likeness (QED) is 0.396. The maximum Gasteiger partial charge on any atom is 0.242 e. The molecule has 38 heavy (non-hydrogen) atoms. The predicted molar refractivity (Wildman–Crippen MR) is 150 cm³/mol. The summed E-state index contributed by atoms with van der Waals surface area (Å²) in [7, 11) is 3.80. The van der Waals surface area contributed by atoms with Gasteiger partial charge in [0.2, 0.25) is 11.8 Å². The number of nitrogens with one attached hydrogen (secondary N) is 2. The number of morpholine rings is 1. The van der Waals surface area contributed by atoms with Crippen LogP contribution in [0.3, 0.4) is 0 Å². The van der Waals surface area contributed by atoms with Crippen LogP contribution in [-0.2, 0) is 27.4 Å². The molecule has 1 heterocycles. The summed E-state index contributed by atoms with van der Waals surface area (Å²) in [6.45, 7) is 9.16. The van der Waals surface area contributed by atoms with Gasteiger partial charge < -0.3 is 20.1 Å². The molecule has 1 fully saturated rings. The highest BCUT2D eigenvalue weighted by molar-refractivity contribution is 5.90. The Morgan fingerprint density at radius 1 is 0.974 bits per heavy atom. The topological polar surface area (TPSA) is 83.1 Å². The first-order chi connectivity index (χ1) is 18.3. The lowest BCUT2D eigenvalue weighted by molar-refractivity contribution is -0.131. The monoisotopic (exact) mass is 524 g/mol. The van der Waals surface area contributed by atoms with E-state index in [0.29, 0.717) is 25.5 Å². The SMILES string of the molecule is CC(C)C[C@@H](C(=O)N[C@@H](Cc1ccc(OCc2ccccc2)cc1)C(=O)NCCN1CCOCC1)N(C)C. The van der Waals surface area contributed by atoms with Crippen LogP contribution in [0.5, 0.6) is 5.75 Å². The van der Waals surface area contributed by atoms with Crippen LogP contribution in [-0.4, -0.2) is 87.2 Å². The molecule has 0 aliphatic carbocycles. The minimum atomic E-state index is -0.669. The zero-order chi connectivity index (χ0) is 27.3. The van der Waals surface area contributed by atoms with E-state index in [2.05, 4.69) is 29.4 Å². The fourth-order valence-electron chi connectivity index (χ4n) is 4.46. The van der Waals surface area contributed by atoms with Crippen LogP contribution in [0.1, 0.15) is 31.4 Å². The summed E-state index contributed by atoms with van der Waals surface area (Å²) in [4.78, 5) is 30.7. The second kappa shape index (κ2) is 15.5. The van der Waals surface area contributed by atoms with Crippen LogP contribution in [0.2, 0.25) is 0 Å². The molecule has 8 nitrogen and oxygen atoms in total. The molecule has 0 unspecified atom stereocenters. The van der Waals surface area contributed by atoms with Crippen molar-refractivity contribution in [3.8, 4) is 5.75 Å². The number of ether oxygens (including phenoxy) is 2. The predicted octanol–water partition coefficient (Wildman–Crippen LogP) is 2.72. The Morgan fingerprint density at radius 2 is 1.66 bits per heavy atom. The van der Waals surface area contributed by atoms with E-state index in [-0.39, 0.29) is 17.9 Å². The van der Waals surface area contributed by atoms with Gasteiger partial charge in [0.15, 0.2) is 0 Å². The van der Waals surface area contributed by atoms with Gasteiger partial charge in [0.05, 0.1) is 19.3 Å². The van der Waals surface area contributed by atoms with Gasteiger partial charge in [-0.15, -0.1) is 0 Å². The van der Waals surface area contributed by atoms with Crippen molar-refractivity contribution in [1.29, 1.82) is 0 Å². The highest BCUT2D eigenvalue weighted by atomic mass is 16.5. The van der Waals surface area contributed by atoms with Gasteiger partial charge in [-0.3, -0.25) is 19.4 Å². The molecule has 2 aromatic carbocycles. The number of carbonyl (C=O) groups is 2. The van der Waals surface area contributed by atoms with Gasteiger partial charge in [0.1, 0.15) is 18.4 Å². The van der Waals surface area contributed by atoms with Gasteiger partial charge in [-0.25, -0.2) is 0 Å². The number of amides is 2. The van der Waals surface area contributed by atoms with Crippen LogP contribution >= 0.6 is 0 Å². The minimum absolute atomic E-state index is 0.125. The fraction of sp³-hybridized carbons (Fsp3) is 0.533. The molecule has 2 atom stereocenters. The Morgan fingerprint density at radius 3 is 2.29 bits per heavy atom.